The van der Waals surface area contributed by atoms with E-state index in [1.807, 2.05) is 0 Å². The molecule has 0 atom stereocenters. The Labute approximate surface area is 107 Å². The number of ketones is 1. The summed E-state index contributed by atoms with van der Waals surface area (Å²) in [5.74, 6) is -0.244. The third-order valence-electron chi connectivity index (χ3n) is 2.45. The van der Waals surface area contributed by atoms with Crippen molar-refractivity contribution in [3.05, 3.63) is 29.6 Å². The molecule has 0 aliphatic rings. The Kier molecular flexibility index (Phi) is 6.36. The molecule has 0 aliphatic carbocycles. The van der Waals surface area contributed by atoms with Gasteiger partial charge < -0.3 is 9.47 Å². The molecule has 0 spiro atoms. The number of hydrogen-bond acceptors (Lipinski definition) is 3. The lowest BCUT2D eigenvalue weighted by atomic mass is 10.1. The first kappa shape index (κ1) is 14.6. The van der Waals surface area contributed by atoms with Crippen molar-refractivity contribution >= 4 is 5.78 Å². The SMILES string of the molecule is CCCCOCCOc1ccc(F)cc1C(C)=O. The monoisotopic (exact) mass is 254 g/mol. The van der Waals surface area contributed by atoms with Gasteiger partial charge in [0, 0.05) is 6.61 Å². The Morgan fingerprint density at radius 1 is 1.28 bits per heavy atom. The summed E-state index contributed by atoms with van der Waals surface area (Å²) in [7, 11) is 0. The van der Waals surface area contributed by atoms with Crippen LogP contribution < -0.4 is 4.74 Å². The molecule has 0 fully saturated rings. The summed E-state index contributed by atoms with van der Waals surface area (Å²) < 4.78 is 23.8. The van der Waals surface area contributed by atoms with Crippen LogP contribution >= 0.6 is 0 Å². The van der Waals surface area contributed by atoms with Crippen molar-refractivity contribution in [3.63, 3.8) is 0 Å². The van der Waals surface area contributed by atoms with E-state index in [1.54, 1.807) is 0 Å². The molecule has 0 amide bonds. The van der Waals surface area contributed by atoms with Crippen LogP contribution in [0.3, 0.4) is 0 Å². The highest BCUT2D eigenvalue weighted by Crippen LogP contribution is 2.20. The highest BCUT2D eigenvalue weighted by Gasteiger charge is 2.09. The second-order valence-corrected chi connectivity index (χ2v) is 4.01. The van der Waals surface area contributed by atoms with E-state index < -0.39 is 5.82 Å². The molecule has 0 saturated carbocycles. The number of rotatable bonds is 8. The van der Waals surface area contributed by atoms with E-state index >= 15 is 0 Å². The van der Waals surface area contributed by atoms with Crippen LogP contribution in [0, 0.1) is 5.82 Å². The molecule has 18 heavy (non-hydrogen) atoms. The maximum atomic E-state index is 13.0. The molecule has 0 radical (unpaired) electrons. The molecule has 0 heterocycles. The minimum absolute atomic E-state index is 0.212. The van der Waals surface area contributed by atoms with Crippen LogP contribution in [0.4, 0.5) is 4.39 Å². The van der Waals surface area contributed by atoms with E-state index in [4.69, 9.17) is 9.47 Å². The number of carbonyl (C=O) groups excluding carboxylic acids is 1. The molecule has 0 N–H and O–H groups in total. The molecule has 1 aromatic rings. The van der Waals surface area contributed by atoms with Gasteiger partial charge in [0.15, 0.2) is 5.78 Å². The highest BCUT2D eigenvalue weighted by atomic mass is 19.1. The predicted octanol–water partition coefficient (Wildman–Crippen LogP) is 3.22. The molecule has 0 aliphatic heterocycles. The van der Waals surface area contributed by atoms with Crippen LogP contribution in [0.1, 0.15) is 37.0 Å². The third-order valence-corrected chi connectivity index (χ3v) is 2.45. The Hall–Kier alpha value is -1.42. The first-order valence-electron chi connectivity index (χ1n) is 6.16. The summed E-state index contributed by atoms with van der Waals surface area (Å²) in [6, 6.07) is 3.94. The molecule has 1 aromatic carbocycles. The second kappa shape index (κ2) is 7.82. The number of halogens is 1. The maximum Gasteiger partial charge on any atom is 0.163 e. The Morgan fingerprint density at radius 2 is 2.06 bits per heavy atom. The fourth-order valence-corrected chi connectivity index (χ4v) is 1.46. The molecular weight excluding hydrogens is 235 g/mol. The topological polar surface area (TPSA) is 35.5 Å². The molecule has 0 saturated heterocycles. The normalized spacial score (nSPS) is 10.4. The van der Waals surface area contributed by atoms with Crippen LogP contribution in [0.15, 0.2) is 18.2 Å². The fourth-order valence-electron chi connectivity index (χ4n) is 1.46. The van der Waals surface area contributed by atoms with E-state index in [2.05, 4.69) is 6.92 Å². The first-order chi connectivity index (χ1) is 8.65. The lowest BCUT2D eigenvalue weighted by Crippen LogP contribution is -2.09. The average molecular weight is 254 g/mol. The third kappa shape index (κ3) is 4.84. The van der Waals surface area contributed by atoms with Gasteiger partial charge in [-0.2, -0.15) is 0 Å². The van der Waals surface area contributed by atoms with E-state index in [1.165, 1.54) is 25.1 Å². The standard InChI is InChI=1S/C14H19FO3/c1-3-4-7-17-8-9-18-14-6-5-12(15)10-13(14)11(2)16/h5-6,10H,3-4,7-9H2,1-2H3. The van der Waals surface area contributed by atoms with E-state index in [-0.39, 0.29) is 11.3 Å². The van der Waals surface area contributed by atoms with Crippen molar-refractivity contribution in [1.29, 1.82) is 0 Å². The number of carbonyl (C=O) groups is 1. The van der Waals surface area contributed by atoms with Gasteiger partial charge >= 0.3 is 0 Å². The van der Waals surface area contributed by atoms with Gasteiger partial charge in [0.1, 0.15) is 18.2 Å². The molecule has 1 rings (SSSR count). The molecule has 0 bridgehead atoms. The zero-order chi connectivity index (χ0) is 13.4. The van der Waals surface area contributed by atoms with Crippen molar-refractivity contribution in [2.45, 2.75) is 26.7 Å². The minimum atomic E-state index is -0.438. The summed E-state index contributed by atoms with van der Waals surface area (Å²) in [6.07, 6.45) is 2.11. The van der Waals surface area contributed by atoms with Crippen LogP contribution in [0.5, 0.6) is 5.75 Å². The fraction of sp³-hybridized carbons (Fsp3) is 0.500. The van der Waals surface area contributed by atoms with Crippen molar-refractivity contribution < 1.29 is 18.7 Å². The van der Waals surface area contributed by atoms with Gasteiger partial charge in [-0.1, -0.05) is 13.3 Å². The van der Waals surface area contributed by atoms with Gasteiger partial charge in [-0.25, -0.2) is 4.39 Å². The number of benzene rings is 1. The molecule has 0 aromatic heterocycles. The summed E-state index contributed by atoms with van der Waals surface area (Å²) >= 11 is 0. The van der Waals surface area contributed by atoms with Crippen LogP contribution in [-0.2, 0) is 4.74 Å². The zero-order valence-corrected chi connectivity index (χ0v) is 10.9. The lowest BCUT2D eigenvalue weighted by molar-refractivity contribution is 0.0947. The molecular formula is C14H19FO3. The molecule has 4 heteroatoms. The summed E-state index contributed by atoms with van der Waals surface area (Å²) in [6.45, 7) is 5.02. The van der Waals surface area contributed by atoms with Gasteiger partial charge in [-0.3, -0.25) is 4.79 Å². The number of Topliss-reactive ketones (excluding diaryl/α,β-unsaturated/α-hetero) is 1. The largest absolute Gasteiger partial charge is 0.490 e. The lowest BCUT2D eigenvalue weighted by Gasteiger charge is -2.10. The summed E-state index contributed by atoms with van der Waals surface area (Å²) in [5, 5.41) is 0. The Morgan fingerprint density at radius 3 is 2.72 bits per heavy atom. The summed E-state index contributed by atoms with van der Waals surface area (Å²) in [5.41, 5.74) is 0.267. The van der Waals surface area contributed by atoms with Gasteiger partial charge in [0.2, 0.25) is 0 Å². The van der Waals surface area contributed by atoms with Crippen molar-refractivity contribution in [3.8, 4) is 5.75 Å². The van der Waals surface area contributed by atoms with Gasteiger partial charge in [0.25, 0.3) is 0 Å². The van der Waals surface area contributed by atoms with Crippen LogP contribution in [0.25, 0.3) is 0 Å². The smallest absolute Gasteiger partial charge is 0.163 e. The van der Waals surface area contributed by atoms with Gasteiger partial charge in [0.05, 0.1) is 12.2 Å². The number of ether oxygens (including phenoxy) is 2. The van der Waals surface area contributed by atoms with E-state index in [0.717, 1.165) is 12.8 Å². The van der Waals surface area contributed by atoms with Gasteiger partial charge in [-0.05, 0) is 31.5 Å². The van der Waals surface area contributed by atoms with Crippen molar-refractivity contribution in [1.82, 2.24) is 0 Å². The second-order valence-electron chi connectivity index (χ2n) is 4.01. The van der Waals surface area contributed by atoms with Crippen molar-refractivity contribution in [2.24, 2.45) is 0 Å². The van der Waals surface area contributed by atoms with E-state index in [0.29, 0.717) is 25.6 Å². The number of hydrogen-bond donors (Lipinski definition) is 0. The van der Waals surface area contributed by atoms with Crippen LogP contribution in [-0.4, -0.2) is 25.6 Å². The molecule has 0 unspecified atom stereocenters. The number of unbranched alkanes of at least 4 members (excludes halogenated alkanes) is 1. The highest BCUT2D eigenvalue weighted by molar-refractivity contribution is 5.96. The maximum absolute atomic E-state index is 13.0. The van der Waals surface area contributed by atoms with Gasteiger partial charge in [-0.15, -0.1) is 0 Å². The molecule has 100 valence electrons. The quantitative estimate of drug-likeness (QED) is 0.528. The van der Waals surface area contributed by atoms with Crippen molar-refractivity contribution in [2.75, 3.05) is 19.8 Å². The average Bonchev–Trinajstić information content (AvgIpc) is 2.35. The first-order valence-corrected chi connectivity index (χ1v) is 6.16. The van der Waals surface area contributed by atoms with E-state index in [9.17, 15) is 9.18 Å². The molecule has 3 nitrogen and oxygen atoms in total. The Bertz CT molecular complexity index is 391. The Balaban J connectivity index is 2.44. The predicted molar refractivity (Wildman–Crippen MR) is 67.6 cm³/mol. The summed E-state index contributed by atoms with van der Waals surface area (Å²) in [4.78, 5) is 11.3. The van der Waals surface area contributed by atoms with Crippen LogP contribution in [0.2, 0.25) is 0 Å². The zero-order valence-electron chi connectivity index (χ0n) is 10.9. The minimum Gasteiger partial charge on any atom is -0.490 e.